The van der Waals surface area contributed by atoms with Crippen LogP contribution in [0.25, 0.3) is 0 Å². The fourth-order valence-electron chi connectivity index (χ4n) is 3.85. The van der Waals surface area contributed by atoms with Gasteiger partial charge in [0.2, 0.25) is 0 Å². The summed E-state index contributed by atoms with van der Waals surface area (Å²) in [5.41, 5.74) is 4.31. The predicted octanol–water partition coefficient (Wildman–Crippen LogP) is 2.92. The van der Waals surface area contributed by atoms with Gasteiger partial charge in [0.1, 0.15) is 0 Å². The first-order valence-electron chi connectivity index (χ1n) is 9.53. The molecule has 2 heterocycles. The molecular weight excluding hydrogens is 354 g/mol. The molecule has 0 saturated heterocycles. The second kappa shape index (κ2) is 7.76. The van der Waals surface area contributed by atoms with Crippen molar-refractivity contribution in [2.75, 3.05) is 24.6 Å². The summed E-state index contributed by atoms with van der Waals surface area (Å²) >= 11 is 0. The number of hydrogen-bond acceptors (Lipinski definition) is 4. The van der Waals surface area contributed by atoms with Crippen molar-refractivity contribution in [1.82, 2.24) is 10.6 Å². The number of anilines is 1. The molecule has 6 heteroatoms. The second-order valence-electron chi connectivity index (χ2n) is 6.86. The van der Waals surface area contributed by atoms with Gasteiger partial charge in [0.25, 0.3) is 0 Å². The number of carbonyl (C=O) groups is 2. The van der Waals surface area contributed by atoms with E-state index in [1.54, 1.807) is 6.92 Å². The van der Waals surface area contributed by atoms with E-state index < -0.39 is 12.0 Å². The molecule has 0 radical (unpaired) electrons. The molecule has 2 N–H and O–H groups in total. The van der Waals surface area contributed by atoms with Crippen molar-refractivity contribution < 1.29 is 14.3 Å². The van der Waals surface area contributed by atoms with E-state index in [9.17, 15) is 9.59 Å². The van der Waals surface area contributed by atoms with Gasteiger partial charge in [0, 0.05) is 12.2 Å². The van der Waals surface area contributed by atoms with E-state index in [4.69, 9.17) is 4.74 Å². The highest BCUT2D eigenvalue weighted by atomic mass is 16.5. The number of fused-ring (bicyclic) bond motifs is 1. The number of ether oxygens (including phenoxy) is 1. The van der Waals surface area contributed by atoms with Gasteiger partial charge < -0.3 is 20.3 Å². The zero-order valence-corrected chi connectivity index (χ0v) is 15.8. The first-order valence-corrected chi connectivity index (χ1v) is 9.53. The molecule has 1 atom stereocenters. The fraction of sp³-hybridized carbons (Fsp3) is 0.273. The summed E-state index contributed by atoms with van der Waals surface area (Å²) in [5, 5.41) is 5.72. The minimum atomic E-state index is -0.540. The van der Waals surface area contributed by atoms with Crippen molar-refractivity contribution in [2.45, 2.75) is 19.4 Å². The van der Waals surface area contributed by atoms with Crippen LogP contribution in [0.2, 0.25) is 0 Å². The summed E-state index contributed by atoms with van der Waals surface area (Å²) in [4.78, 5) is 27.4. The number of nitrogens with one attached hydrogen (secondary N) is 2. The third kappa shape index (κ3) is 3.45. The van der Waals surface area contributed by atoms with Gasteiger partial charge in [-0.3, -0.25) is 0 Å². The first kappa shape index (κ1) is 18.1. The van der Waals surface area contributed by atoms with E-state index in [2.05, 4.69) is 27.7 Å². The average molecular weight is 377 g/mol. The van der Waals surface area contributed by atoms with Crippen molar-refractivity contribution in [3.05, 3.63) is 77.0 Å². The van der Waals surface area contributed by atoms with E-state index in [0.717, 1.165) is 24.2 Å². The van der Waals surface area contributed by atoms with Gasteiger partial charge in [-0.15, -0.1) is 0 Å². The van der Waals surface area contributed by atoms with Crippen molar-refractivity contribution in [2.24, 2.45) is 0 Å². The topological polar surface area (TPSA) is 70.7 Å². The van der Waals surface area contributed by atoms with Gasteiger partial charge in [-0.25, -0.2) is 9.59 Å². The predicted molar refractivity (Wildman–Crippen MR) is 107 cm³/mol. The third-order valence-corrected chi connectivity index (χ3v) is 5.11. The normalized spacial score (nSPS) is 18.4. The molecule has 0 bridgehead atoms. The first-order chi connectivity index (χ1) is 13.7. The highest BCUT2D eigenvalue weighted by Gasteiger charge is 2.34. The number of amides is 2. The van der Waals surface area contributed by atoms with Crippen LogP contribution in [0, 0.1) is 0 Å². The molecule has 6 nitrogen and oxygen atoms in total. The van der Waals surface area contributed by atoms with Crippen molar-refractivity contribution >= 4 is 17.7 Å². The Morgan fingerprint density at radius 3 is 2.68 bits per heavy atom. The fourth-order valence-corrected chi connectivity index (χ4v) is 3.85. The van der Waals surface area contributed by atoms with Crippen LogP contribution >= 0.6 is 0 Å². The van der Waals surface area contributed by atoms with Gasteiger partial charge in [0.15, 0.2) is 0 Å². The lowest BCUT2D eigenvalue weighted by Crippen LogP contribution is -2.48. The monoisotopic (exact) mass is 377 g/mol. The van der Waals surface area contributed by atoms with E-state index in [-0.39, 0.29) is 12.6 Å². The molecule has 0 fully saturated rings. The number of benzene rings is 2. The SMILES string of the molecule is CCOC(=O)C1=C(CN2CCc3ccccc32)NC(=O)N[C@H]1c1ccccc1. The third-order valence-electron chi connectivity index (χ3n) is 5.11. The molecule has 0 aromatic heterocycles. The largest absolute Gasteiger partial charge is 0.463 e. The molecule has 4 rings (SSSR count). The summed E-state index contributed by atoms with van der Waals surface area (Å²) in [6.07, 6.45) is 0.951. The van der Waals surface area contributed by atoms with Gasteiger partial charge in [0.05, 0.1) is 30.5 Å². The molecular formula is C22H23N3O3. The van der Waals surface area contributed by atoms with Crippen molar-refractivity contribution in [1.29, 1.82) is 0 Å². The Hall–Kier alpha value is -3.28. The lowest BCUT2D eigenvalue weighted by molar-refractivity contribution is -0.139. The molecule has 0 spiro atoms. The quantitative estimate of drug-likeness (QED) is 0.786. The summed E-state index contributed by atoms with van der Waals surface area (Å²) < 4.78 is 5.33. The molecule has 28 heavy (non-hydrogen) atoms. The van der Waals surface area contributed by atoms with Crippen LogP contribution in [0.5, 0.6) is 0 Å². The van der Waals surface area contributed by atoms with E-state index in [1.807, 2.05) is 42.5 Å². The zero-order chi connectivity index (χ0) is 19.5. The molecule has 2 amide bonds. The van der Waals surface area contributed by atoms with Crippen LogP contribution in [0.1, 0.15) is 24.1 Å². The maximum atomic E-state index is 12.8. The minimum Gasteiger partial charge on any atom is -0.463 e. The number of esters is 1. The molecule has 144 valence electrons. The highest BCUT2D eigenvalue weighted by Crippen LogP contribution is 2.31. The molecule has 2 aromatic rings. The lowest BCUT2D eigenvalue weighted by atomic mass is 9.95. The van der Waals surface area contributed by atoms with Gasteiger partial charge in [-0.2, -0.15) is 0 Å². The van der Waals surface area contributed by atoms with E-state index in [1.165, 1.54) is 5.56 Å². The second-order valence-corrected chi connectivity index (χ2v) is 6.86. The number of para-hydroxylation sites is 1. The van der Waals surface area contributed by atoms with Crippen LogP contribution < -0.4 is 15.5 Å². The number of urea groups is 1. The Morgan fingerprint density at radius 2 is 1.89 bits per heavy atom. The average Bonchev–Trinajstić information content (AvgIpc) is 3.11. The highest BCUT2D eigenvalue weighted by molar-refractivity contribution is 5.95. The number of hydrogen-bond donors (Lipinski definition) is 2. The molecule has 0 unspecified atom stereocenters. The lowest BCUT2D eigenvalue weighted by Gasteiger charge is -2.31. The summed E-state index contributed by atoms with van der Waals surface area (Å²) in [5.74, 6) is -0.411. The Bertz CT molecular complexity index is 924. The Labute approximate surface area is 164 Å². The standard InChI is InChI=1S/C22H23N3O3/c1-2-28-21(26)19-17(14-25-13-12-15-8-6-7-11-18(15)25)23-22(27)24-20(19)16-9-4-3-5-10-16/h3-11,20H,2,12-14H2,1H3,(H2,23,24,27)/t20-/m0/s1. The Balaban J connectivity index is 1.73. The Kier molecular flexibility index (Phi) is 5.02. The minimum absolute atomic E-state index is 0.275. The van der Waals surface area contributed by atoms with Crippen LogP contribution in [0.4, 0.5) is 10.5 Å². The molecule has 2 aliphatic heterocycles. The zero-order valence-electron chi connectivity index (χ0n) is 15.8. The van der Waals surface area contributed by atoms with Gasteiger partial charge >= 0.3 is 12.0 Å². The molecule has 2 aromatic carbocycles. The summed E-state index contributed by atoms with van der Waals surface area (Å²) in [7, 11) is 0. The number of carbonyl (C=O) groups excluding carboxylic acids is 2. The molecule has 2 aliphatic rings. The maximum Gasteiger partial charge on any atom is 0.338 e. The van der Waals surface area contributed by atoms with Crippen molar-refractivity contribution in [3.63, 3.8) is 0 Å². The molecule has 0 aliphatic carbocycles. The summed E-state index contributed by atoms with van der Waals surface area (Å²) in [6.45, 7) is 3.35. The smallest absolute Gasteiger partial charge is 0.338 e. The van der Waals surface area contributed by atoms with Crippen LogP contribution in [0.3, 0.4) is 0 Å². The summed E-state index contributed by atoms with van der Waals surface area (Å²) in [6, 6.07) is 16.9. The van der Waals surface area contributed by atoms with E-state index in [0.29, 0.717) is 17.8 Å². The van der Waals surface area contributed by atoms with Crippen LogP contribution in [0.15, 0.2) is 65.9 Å². The van der Waals surface area contributed by atoms with Crippen LogP contribution in [-0.4, -0.2) is 31.7 Å². The maximum absolute atomic E-state index is 12.8. The van der Waals surface area contributed by atoms with Crippen LogP contribution in [-0.2, 0) is 16.0 Å². The van der Waals surface area contributed by atoms with Gasteiger partial charge in [-0.1, -0.05) is 48.5 Å². The Morgan fingerprint density at radius 1 is 1.14 bits per heavy atom. The number of rotatable bonds is 5. The van der Waals surface area contributed by atoms with Gasteiger partial charge in [-0.05, 0) is 30.5 Å². The molecule has 0 saturated carbocycles. The van der Waals surface area contributed by atoms with Crippen molar-refractivity contribution in [3.8, 4) is 0 Å². The van der Waals surface area contributed by atoms with E-state index >= 15 is 0 Å². The number of nitrogens with zero attached hydrogens (tertiary/aromatic N) is 1.